The van der Waals surface area contributed by atoms with Crippen LogP contribution in [0.5, 0.6) is 0 Å². The number of carbonyl (C=O) groups is 1. The van der Waals surface area contributed by atoms with Crippen molar-refractivity contribution in [1.29, 1.82) is 0 Å². The van der Waals surface area contributed by atoms with E-state index in [9.17, 15) is 9.90 Å². The van der Waals surface area contributed by atoms with E-state index in [4.69, 9.17) is 9.84 Å². The predicted molar refractivity (Wildman–Crippen MR) is 76.1 cm³/mol. The lowest BCUT2D eigenvalue weighted by Gasteiger charge is -2.23. The van der Waals surface area contributed by atoms with Crippen molar-refractivity contribution in [2.75, 3.05) is 31.2 Å². The highest BCUT2D eigenvalue weighted by Gasteiger charge is 2.30. The molecule has 1 aliphatic rings. The van der Waals surface area contributed by atoms with Crippen molar-refractivity contribution in [3.63, 3.8) is 0 Å². The number of carboxylic acid groups (broad SMARTS) is 1. The fraction of sp³-hybridized carbons (Fsp3) is 0.533. The molecule has 1 aromatic carbocycles. The van der Waals surface area contributed by atoms with Crippen molar-refractivity contribution in [2.24, 2.45) is 0 Å². The van der Waals surface area contributed by atoms with E-state index in [1.807, 2.05) is 36.1 Å². The van der Waals surface area contributed by atoms with Crippen molar-refractivity contribution in [2.45, 2.75) is 25.4 Å². The van der Waals surface area contributed by atoms with E-state index in [1.165, 1.54) is 0 Å². The number of hydrogen-bond donors (Lipinski definition) is 2. The van der Waals surface area contributed by atoms with E-state index in [1.54, 1.807) is 0 Å². The van der Waals surface area contributed by atoms with Gasteiger partial charge in [0.1, 0.15) is 0 Å². The van der Waals surface area contributed by atoms with Gasteiger partial charge in [0.2, 0.25) is 0 Å². The average molecular weight is 279 g/mol. The molecule has 1 aliphatic heterocycles. The number of aliphatic carboxylic acids is 1. The third kappa shape index (κ3) is 3.49. The summed E-state index contributed by atoms with van der Waals surface area (Å²) < 4.78 is 5.21. The number of aliphatic hydroxyl groups is 1. The molecule has 2 unspecified atom stereocenters. The number of rotatable bonds is 7. The first-order valence-electron chi connectivity index (χ1n) is 6.93. The number of aliphatic hydroxyl groups excluding tert-OH is 1. The van der Waals surface area contributed by atoms with Gasteiger partial charge in [-0.3, -0.25) is 4.79 Å². The molecule has 5 heteroatoms. The van der Waals surface area contributed by atoms with Crippen LogP contribution in [0.3, 0.4) is 0 Å². The number of benzene rings is 1. The molecule has 1 aromatic rings. The van der Waals surface area contributed by atoms with Crippen molar-refractivity contribution in [3.05, 3.63) is 29.8 Å². The Balaban J connectivity index is 2.06. The maximum Gasteiger partial charge on any atom is 0.304 e. The van der Waals surface area contributed by atoms with Crippen LogP contribution in [0.4, 0.5) is 5.69 Å². The Morgan fingerprint density at radius 3 is 2.95 bits per heavy atom. The number of nitrogens with zero attached hydrogens (tertiary/aromatic N) is 1. The van der Waals surface area contributed by atoms with E-state index in [0.717, 1.165) is 11.3 Å². The summed E-state index contributed by atoms with van der Waals surface area (Å²) in [6.45, 7) is 3.87. The van der Waals surface area contributed by atoms with Gasteiger partial charge in [0.25, 0.3) is 0 Å². The third-order valence-corrected chi connectivity index (χ3v) is 3.52. The topological polar surface area (TPSA) is 70.0 Å². The number of hydrogen-bond acceptors (Lipinski definition) is 4. The number of carboxylic acids is 1. The van der Waals surface area contributed by atoms with Gasteiger partial charge in [0.15, 0.2) is 0 Å². The molecule has 0 bridgehead atoms. The van der Waals surface area contributed by atoms with Crippen molar-refractivity contribution in [3.8, 4) is 0 Å². The molecule has 2 rings (SSSR count). The monoisotopic (exact) mass is 279 g/mol. The second-order valence-corrected chi connectivity index (χ2v) is 5.07. The van der Waals surface area contributed by atoms with E-state index in [0.29, 0.717) is 26.3 Å². The SMILES string of the molecule is CCOCC(O)CN1CC(CC(=O)O)c2ccccc21. The molecule has 0 spiro atoms. The summed E-state index contributed by atoms with van der Waals surface area (Å²) in [5.41, 5.74) is 2.08. The van der Waals surface area contributed by atoms with Gasteiger partial charge in [-0.25, -0.2) is 0 Å². The number of ether oxygens (including phenoxy) is 1. The summed E-state index contributed by atoms with van der Waals surface area (Å²) in [6, 6.07) is 7.81. The Labute approximate surface area is 118 Å². The molecule has 0 aliphatic carbocycles. The highest BCUT2D eigenvalue weighted by Crippen LogP contribution is 2.37. The van der Waals surface area contributed by atoms with Gasteiger partial charge >= 0.3 is 5.97 Å². The van der Waals surface area contributed by atoms with Gasteiger partial charge in [-0.05, 0) is 18.6 Å². The lowest BCUT2D eigenvalue weighted by Crippen LogP contribution is -2.34. The summed E-state index contributed by atoms with van der Waals surface area (Å²) in [6.07, 6.45) is -0.443. The maximum atomic E-state index is 10.9. The van der Waals surface area contributed by atoms with E-state index < -0.39 is 12.1 Å². The van der Waals surface area contributed by atoms with E-state index in [-0.39, 0.29) is 12.3 Å². The molecule has 1 heterocycles. The van der Waals surface area contributed by atoms with Crippen molar-refractivity contribution < 1.29 is 19.7 Å². The zero-order chi connectivity index (χ0) is 14.5. The largest absolute Gasteiger partial charge is 0.481 e. The van der Waals surface area contributed by atoms with Crippen LogP contribution >= 0.6 is 0 Å². The molecule has 2 N–H and O–H groups in total. The molecule has 110 valence electrons. The molecule has 0 radical (unpaired) electrons. The van der Waals surface area contributed by atoms with Crippen LogP contribution in [0, 0.1) is 0 Å². The Kier molecular flexibility index (Phi) is 4.98. The first-order valence-corrected chi connectivity index (χ1v) is 6.93. The smallest absolute Gasteiger partial charge is 0.304 e. The molecular weight excluding hydrogens is 258 g/mol. The normalized spacial score (nSPS) is 18.9. The molecular formula is C15H21NO4. The Hall–Kier alpha value is -1.59. The fourth-order valence-corrected chi connectivity index (χ4v) is 2.70. The predicted octanol–water partition coefficient (Wildman–Crippen LogP) is 1.46. The Morgan fingerprint density at radius 1 is 1.50 bits per heavy atom. The third-order valence-electron chi connectivity index (χ3n) is 3.52. The molecule has 2 atom stereocenters. The van der Waals surface area contributed by atoms with Gasteiger partial charge in [-0.15, -0.1) is 0 Å². The number of β-amino-alcohol motifs (C(OH)–C–C–N with tert-alkyl or cyclic N) is 1. The number of para-hydroxylation sites is 1. The highest BCUT2D eigenvalue weighted by molar-refractivity contribution is 5.71. The highest BCUT2D eigenvalue weighted by atomic mass is 16.5. The van der Waals surface area contributed by atoms with Crippen LogP contribution in [0.15, 0.2) is 24.3 Å². The zero-order valence-electron chi connectivity index (χ0n) is 11.7. The minimum absolute atomic E-state index is 0.0111. The van der Waals surface area contributed by atoms with Gasteiger partial charge in [0.05, 0.1) is 19.1 Å². The molecule has 20 heavy (non-hydrogen) atoms. The minimum atomic E-state index is -0.790. The zero-order valence-corrected chi connectivity index (χ0v) is 11.7. The number of fused-ring (bicyclic) bond motifs is 1. The van der Waals surface area contributed by atoms with Crippen molar-refractivity contribution in [1.82, 2.24) is 0 Å². The molecule has 0 amide bonds. The van der Waals surface area contributed by atoms with E-state index >= 15 is 0 Å². The van der Waals surface area contributed by atoms with Gasteiger partial charge in [-0.2, -0.15) is 0 Å². The lowest BCUT2D eigenvalue weighted by atomic mass is 9.98. The number of anilines is 1. The van der Waals surface area contributed by atoms with Crippen LogP contribution in [0.2, 0.25) is 0 Å². The molecule has 0 aromatic heterocycles. The molecule has 0 saturated carbocycles. The summed E-state index contributed by atoms with van der Waals surface area (Å²) in [4.78, 5) is 13.0. The summed E-state index contributed by atoms with van der Waals surface area (Å²) >= 11 is 0. The van der Waals surface area contributed by atoms with Crippen LogP contribution in [0.25, 0.3) is 0 Å². The standard InChI is InChI=1S/C15H21NO4/c1-2-20-10-12(17)9-16-8-11(7-15(18)19)13-5-3-4-6-14(13)16/h3-6,11-12,17H,2,7-10H2,1H3,(H,18,19). The van der Waals surface area contributed by atoms with E-state index in [2.05, 4.69) is 0 Å². The van der Waals surface area contributed by atoms with Crippen LogP contribution < -0.4 is 4.90 Å². The Morgan fingerprint density at radius 2 is 2.25 bits per heavy atom. The second-order valence-electron chi connectivity index (χ2n) is 5.07. The van der Waals surface area contributed by atoms with Crippen LogP contribution in [0.1, 0.15) is 24.8 Å². The molecule has 0 fully saturated rings. The second kappa shape index (κ2) is 6.72. The summed E-state index contributed by atoms with van der Waals surface area (Å²) in [7, 11) is 0. The average Bonchev–Trinajstić information content (AvgIpc) is 2.74. The van der Waals surface area contributed by atoms with Crippen molar-refractivity contribution >= 4 is 11.7 Å². The maximum absolute atomic E-state index is 10.9. The van der Waals surface area contributed by atoms with Gasteiger partial charge < -0.3 is 19.8 Å². The quantitative estimate of drug-likeness (QED) is 0.791. The van der Waals surface area contributed by atoms with Crippen LogP contribution in [-0.4, -0.2) is 48.6 Å². The summed E-state index contributed by atoms with van der Waals surface area (Å²) in [5.74, 6) is -0.801. The summed E-state index contributed by atoms with van der Waals surface area (Å²) in [5, 5.41) is 18.9. The van der Waals surface area contributed by atoms with Gasteiger partial charge in [-0.1, -0.05) is 18.2 Å². The minimum Gasteiger partial charge on any atom is -0.481 e. The first-order chi connectivity index (χ1) is 9.61. The lowest BCUT2D eigenvalue weighted by molar-refractivity contribution is -0.137. The Bertz CT molecular complexity index is 463. The molecule has 5 nitrogen and oxygen atoms in total. The first kappa shape index (κ1) is 14.8. The van der Waals surface area contributed by atoms with Crippen LogP contribution in [-0.2, 0) is 9.53 Å². The van der Waals surface area contributed by atoms with Gasteiger partial charge in [0, 0.05) is 31.3 Å². The molecule has 0 saturated heterocycles. The fourth-order valence-electron chi connectivity index (χ4n) is 2.70.